The van der Waals surface area contributed by atoms with E-state index in [4.69, 9.17) is 5.84 Å². The molecule has 8 heavy (non-hydrogen) atoms. The van der Waals surface area contributed by atoms with Crippen molar-refractivity contribution in [1.29, 1.82) is 0 Å². The summed E-state index contributed by atoms with van der Waals surface area (Å²) in [6, 6.07) is 0. The molecule has 0 aliphatic carbocycles. The molecule has 0 saturated heterocycles. The Morgan fingerprint density at radius 1 is 1.00 bits per heavy atom. The second-order valence-electron chi connectivity index (χ2n) is 1.58. The largest absolute Gasteiger partial charge is 0.243 e. The van der Waals surface area contributed by atoms with Gasteiger partial charge < -0.3 is 0 Å². The number of hydrogen-bond donors (Lipinski definition) is 1. The third-order valence-corrected chi connectivity index (χ3v) is 0.714. The Labute approximate surface area is 45.2 Å². The molecule has 2 N–H and O–H groups in total. The predicted octanol–water partition coefficient (Wildman–Crippen LogP) is 0.458. The molecule has 0 amide bonds. The molecular formula is C3H8F3N2+. The maximum Gasteiger partial charge on any atom is 0.243 e. The molecule has 50 valence electrons. The van der Waals surface area contributed by atoms with E-state index >= 15 is 0 Å². The minimum absolute atomic E-state index is 1.22. The summed E-state index contributed by atoms with van der Waals surface area (Å²) in [5.41, 5.74) is 0. The third kappa shape index (κ3) is 1.67. The monoisotopic (exact) mass is 129 g/mol. The van der Waals surface area contributed by atoms with Crippen LogP contribution in [-0.2, 0) is 0 Å². The number of hydrogen-bond acceptors (Lipinski definition) is 1. The summed E-state index contributed by atoms with van der Waals surface area (Å²) in [4.78, 5) is 0. The van der Waals surface area contributed by atoms with Crippen molar-refractivity contribution in [1.82, 2.24) is 0 Å². The highest BCUT2D eigenvalue weighted by atomic mass is 19.2. The number of nitrogens with zero attached hydrogens (tertiary/aromatic N) is 1. The highest BCUT2D eigenvalue weighted by Gasteiger charge is 2.20. The number of nitrogens with two attached hydrogens (primary N) is 1. The van der Waals surface area contributed by atoms with Crippen LogP contribution in [0.25, 0.3) is 0 Å². The summed E-state index contributed by atoms with van der Waals surface area (Å²) in [7, 11) is 0. The zero-order chi connectivity index (χ0) is 6.62. The van der Waals surface area contributed by atoms with Crippen molar-refractivity contribution in [3.8, 4) is 0 Å². The van der Waals surface area contributed by atoms with Gasteiger partial charge in [0.15, 0.2) is 0 Å². The average molecular weight is 129 g/mol. The van der Waals surface area contributed by atoms with Gasteiger partial charge in [0.25, 0.3) is 0 Å². The second-order valence-corrected chi connectivity index (χ2v) is 1.58. The van der Waals surface area contributed by atoms with Crippen LogP contribution in [0.15, 0.2) is 0 Å². The zero-order valence-corrected chi connectivity index (χ0v) is 4.28. The molecule has 0 fully saturated rings. The summed E-state index contributed by atoms with van der Waals surface area (Å²) < 4.78 is 32.9. The average Bonchev–Trinajstić information content (AvgIpc) is 1.87. The van der Waals surface area contributed by atoms with Crippen LogP contribution in [0.1, 0.15) is 0 Å². The van der Waals surface area contributed by atoms with E-state index in [1.807, 2.05) is 0 Å². The Morgan fingerprint density at radius 3 is 1.25 bits per heavy atom. The molecule has 5 heteroatoms. The molecule has 0 rings (SSSR count). The molecule has 0 aliphatic rings. The summed E-state index contributed by atoms with van der Waals surface area (Å²) in [5, 5.41) is 0. The first-order valence-corrected chi connectivity index (χ1v) is 2.01. The Bertz CT molecular complexity index is 55.3. The van der Waals surface area contributed by atoms with Crippen molar-refractivity contribution in [3.05, 3.63) is 0 Å². The zero-order valence-electron chi connectivity index (χ0n) is 4.28. The van der Waals surface area contributed by atoms with Gasteiger partial charge >= 0.3 is 0 Å². The fraction of sp³-hybridized carbons (Fsp3) is 1.00. The lowest BCUT2D eigenvalue weighted by Gasteiger charge is -2.20. The molecule has 0 saturated carbocycles. The van der Waals surface area contributed by atoms with Gasteiger partial charge in [-0.15, -0.1) is 0 Å². The molecule has 0 aromatic carbocycles. The number of alkyl halides is 3. The SMILES string of the molecule is N[N+](CF)(CF)CF. The lowest BCUT2D eigenvalue weighted by molar-refractivity contribution is -0.972. The van der Waals surface area contributed by atoms with Gasteiger partial charge in [0.2, 0.25) is 20.4 Å². The Kier molecular flexibility index (Phi) is 2.78. The van der Waals surface area contributed by atoms with Gasteiger partial charge in [-0.3, -0.25) is 0 Å². The van der Waals surface area contributed by atoms with Crippen molar-refractivity contribution in [3.63, 3.8) is 0 Å². The third-order valence-electron chi connectivity index (χ3n) is 0.714. The van der Waals surface area contributed by atoms with Crippen LogP contribution in [-0.4, -0.2) is 25.0 Å². The van der Waals surface area contributed by atoms with Crippen molar-refractivity contribution in [2.45, 2.75) is 0 Å². The van der Waals surface area contributed by atoms with E-state index in [2.05, 4.69) is 0 Å². The minimum atomic E-state index is -1.29. The number of quaternary nitrogens is 1. The molecule has 0 aromatic rings. The van der Waals surface area contributed by atoms with Crippen molar-refractivity contribution >= 4 is 0 Å². The van der Waals surface area contributed by atoms with Gasteiger partial charge in [0.1, 0.15) is 0 Å². The van der Waals surface area contributed by atoms with E-state index in [1.54, 1.807) is 0 Å². The summed E-state index contributed by atoms with van der Waals surface area (Å²) in [5.74, 6) is 4.71. The van der Waals surface area contributed by atoms with E-state index in [0.717, 1.165) is 0 Å². The van der Waals surface area contributed by atoms with Gasteiger partial charge in [-0.2, -0.15) is 23.6 Å². The molecule has 0 radical (unpaired) electrons. The van der Waals surface area contributed by atoms with Crippen LogP contribution in [0.2, 0.25) is 0 Å². The molecular weight excluding hydrogens is 121 g/mol. The summed E-state index contributed by atoms with van der Waals surface area (Å²) in [6.45, 7) is -3.65. The molecule has 0 unspecified atom stereocenters. The summed E-state index contributed by atoms with van der Waals surface area (Å²) in [6.07, 6.45) is 0. The quantitative estimate of drug-likeness (QED) is 0.255. The van der Waals surface area contributed by atoms with Gasteiger partial charge in [-0.25, -0.2) is 0 Å². The number of rotatable bonds is 3. The second kappa shape index (κ2) is 2.88. The highest BCUT2D eigenvalue weighted by Crippen LogP contribution is 1.97. The first kappa shape index (κ1) is 7.71. The van der Waals surface area contributed by atoms with Gasteiger partial charge in [-0.1, -0.05) is 0 Å². The Balaban J connectivity index is 3.58. The number of halogens is 3. The molecule has 0 spiro atoms. The van der Waals surface area contributed by atoms with E-state index in [1.165, 1.54) is 0 Å². The minimum Gasteiger partial charge on any atom is -0.186 e. The smallest absolute Gasteiger partial charge is 0.186 e. The fourth-order valence-electron chi connectivity index (χ4n) is 0.0958. The molecule has 0 heterocycles. The van der Waals surface area contributed by atoms with Crippen LogP contribution in [0.3, 0.4) is 0 Å². The normalized spacial score (nSPS) is 12.0. The van der Waals surface area contributed by atoms with Crippen LogP contribution in [0.5, 0.6) is 0 Å². The fourth-order valence-corrected chi connectivity index (χ4v) is 0.0958. The first-order chi connectivity index (χ1) is 3.68. The van der Waals surface area contributed by atoms with E-state index in [9.17, 15) is 13.2 Å². The Hall–Kier alpha value is -0.290. The van der Waals surface area contributed by atoms with E-state index < -0.39 is 25.0 Å². The maximum atomic E-state index is 11.4. The topological polar surface area (TPSA) is 26.0 Å². The standard InChI is InChI=1S/C3H8F3N2/c4-1-8(7,2-5)3-6/h1-3,7H2/q+1. The lowest BCUT2D eigenvalue weighted by Crippen LogP contribution is -2.52. The highest BCUT2D eigenvalue weighted by molar-refractivity contribution is 4.03. The van der Waals surface area contributed by atoms with Crippen molar-refractivity contribution in [2.75, 3.05) is 20.4 Å². The first-order valence-electron chi connectivity index (χ1n) is 2.01. The van der Waals surface area contributed by atoms with Crippen LogP contribution in [0.4, 0.5) is 13.2 Å². The van der Waals surface area contributed by atoms with E-state index in [-0.39, 0.29) is 0 Å². The van der Waals surface area contributed by atoms with Gasteiger partial charge in [-0.05, 0) is 0 Å². The molecule has 0 aliphatic heterocycles. The predicted molar refractivity (Wildman–Crippen MR) is 22.4 cm³/mol. The molecule has 0 bridgehead atoms. The Morgan fingerprint density at radius 2 is 1.25 bits per heavy atom. The van der Waals surface area contributed by atoms with Gasteiger partial charge in [0, 0.05) is 0 Å². The van der Waals surface area contributed by atoms with Crippen LogP contribution >= 0.6 is 0 Å². The molecule has 2 nitrogen and oxygen atoms in total. The van der Waals surface area contributed by atoms with Crippen molar-refractivity contribution < 1.29 is 17.8 Å². The molecule has 0 atom stereocenters. The van der Waals surface area contributed by atoms with Crippen LogP contribution in [0, 0.1) is 0 Å². The molecule has 0 aromatic heterocycles. The van der Waals surface area contributed by atoms with Gasteiger partial charge in [0.05, 0.1) is 0 Å². The van der Waals surface area contributed by atoms with Crippen LogP contribution < -0.4 is 5.84 Å². The van der Waals surface area contributed by atoms with Crippen molar-refractivity contribution in [2.24, 2.45) is 5.84 Å². The maximum absolute atomic E-state index is 11.4. The van der Waals surface area contributed by atoms with E-state index in [0.29, 0.717) is 0 Å². The lowest BCUT2D eigenvalue weighted by atomic mass is 10.8. The summed E-state index contributed by atoms with van der Waals surface area (Å²) >= 11 is 0.